The Morgan fingerprint density at radius 3 is 2.33 bits per heavy atom. The average molecular weight is 265 g/mol. The highest BCUT2D eigenvalue weighted by Gasteiger charge is 2.13. The Kier molecular flexibility index (Phi) is 6.80. The van der Waals surface area contributed by atoms with Crippen LogP contribution in [-0.2, 0) is 0 Å². The number of nitrogens with one attached hydrogen (secondary N) is 1. The van der Waals surface area contributed by atoms with Crippen LogP contribution in [0, 0.1) is 20.8 Å². The van der Waals surface area contributed by atoms with Gasteiger partial charge < -0.3 is 5.32 Å². The summed E-state index contributed by atoms with van der Waals surface area (Å²) in [5.41, 5.74) is 5.69. The molecule has 1 rings (SSSR count). The molecule has 1 atom stereocenters. The van der Waals surface area contributed by atoms with Crippen molar-refractivity contribution in [2.45, 2.75) is 47.1 Å². The van der Waals surface area contributed by atoms with Crippen molar-refractivity contribution in [1.29, 1.82) is 0 Å². The topological polar surface area (TPSA) is 12.0 Å². The highest BCUT2D eigenvalue weighted by atomic mass is 32.2. The summed E-state index contributed by atoms with van der Waals surface area (Å²) in [7, 11) is 0. The van der Waals surface area contributed by atoms with Crippen LogP contribution in [0.1, 0.15) is 48.6 Å². The second kappa shape index (κ2) is 7.85. The molecule has 0 amide bonds. The van der Waals surface area contributed by atoms with Crippen molar-refractivity contribution in [2.24, 2.45) is 0 Å². The quantitative estimate of drug-likeness (QED) is 0.733. The Hall–Kier alpha value is -0.470. The van der Waals surface area contributed by atoms with Gasteiger partial charge in [-0.3, -0.25) is 0 Å². The first kappa shape index (κ1) is 15.6. The second-order valence-electron chi connectivity index (χ2n) is 4.98. The van der Waals surface area contributed by atoms with Gasteiger partial charge in [-0.25, -0.2) is 0 Å². The molecule has 0 aliphatic carbocycles. The maximum absolute atomic E-state index is 3.62. The van der Waals surface area contributed by atoms with Gasteiger partial charge in [0.15, 0.2) is 0 Å². The second-order valence-corrected chi connectivity index (χ2v) is 6.13. The average Bonchev–Trinajstić information content (AvgIpc) is 2.33. The number of thioether (sulfide) groups is 1. The minimum atomic E-state index is 0.492. The van der Waals surface area contributed by atoms with Gasteiger partial charge in [-0.1, -0.05) is 26.0 Å². The molecule has 0 aliphatic heterocycles. The molecule has 0 aromatic heterocycles. The molecule has 0 aliphatic rings. The molecule has 0 heterocycles. The van der Waals surface area contributed by atoms with Crippen LogP contribution in [0.2, 0.25) is 0 Å². The van der Waals surface area contributed by atoms with E-state index in [4.69, 9.17) is 0 Å². The number of hydrogen-bond donors (Lipinski definition) is 1. The van der Waals surface area contributed by atoms with Crippen LogP contribution in [0.15, 0.2) is 12.1 Å². The summed E-state index contributed by atoms with van der Waals surface area (Å²) in [6.07, 6.45) is 1.26. The maximum Gasteiger partial charge on any atom is 0.0414 e. The van der Waals surface area contributed by atoms with E-state index in [-0.39, 0.29) is 0 Å². The molecule has 102 valence electrons. The highest BCUT2D eigenvalue weighted by molar-refractivity contribution is 7.99. The van der Waals surface area contributed by atoms with Crippen molar-refractivity contribution in [3.8, 4) is 0 Å². The molecule has 2 heteroatoms. The van der Waals surface area contributed by atoms with Crippen molar-refractivity contribution in [3.05, 3.63) is 34.4 Å². The summed E-state index contributed by atoms with van der Waals surface area (Å²) >= 11 is 2.05. The van der Waals surface area contributed by atoms with Gasteiger partial charge in [-0.05, 0) is 61.7 Å². The number of aryl methyl sites for hydroxylation is 3. The molecule has 0 saturated carbocycles. The molecule has 0 radical (unpaired) electrons. The molecule has 1 N–H and O–H groups in total. The third-order valence-corrected chi connectivity index (χ3v) is 4.61. The summed E-state index contributed by atoms with van der Waals surface area (Å²) in [6.45, 7) is 12.1. The monoisotopic (exact) mass is 265 g/mol. The zero-order valence-corrected chi connectivity index (χ0v) is 13.3. The SMILES string of the molecule is CCCSCC(NCC)c1cc(C)c(C)cc1C. The fourth-order valence-corrected chi connectivity index (χ4v) is 3.20. The number of hydrogen-bond acceptors (Lipinski definition) is 2. The van der Waals surface area contributed by atoms with Gasteiger partial charge in [-0.2, -0.15) is 11.8 Å². The van der Waals surface area contributed by atoms with Crippen LogP contribution in [0.3, 0.4) is 0 Å². The minimum absolute atomic E-state index is 0.492. The third-order valence-electron chi connectivity index (χ3n) is 3.34. The van der Waals surface area contributed by atoms with Gasteiger partial charge in [0.1, 0.15) is 0 Å². The Balaban J connectivity index is 2.87. The standard InChI is InChI=1S/C16H27NS/c1-6-8-18-11-16(17-7-2)15-10-13(4)12(3)9-14(15)5/h9-10,16-17H,6-8,11H2,1-5H3. The van der Waals surface area contributed by atoms with E-state index in [1.165, 1.54) is 40.2 Å². The van der Waals surface area contributed by atoms with Crippen LogP contribution in [0.4, 0.5) is 0 Å². The lowest BCUT2D eigenvalue weighted by molar-refractivity contribution is 0.602. The van der Waals surface area contributed by atoms with Crippen molar-refractivity contribution in [1.82, 2.24) is 5.32 Å². The smallest absolute Gasteiger partial charge is 0.0414 e. The zero-order chi connectivity index (χ0) is 13.5. The summed E-state index contributed by atoms with van der Waals surface area (Å²) < 4.78 is 0. The number of rotatable bonds is 7. The third kappa shape index (κ3) is 4.33. The van der Waals surface area contributed by atoms with Crippen LogP contribution in [0.5, 0.6) is 0 Å². The van der Waals surface area contributed by atoms with Gasteiger partial charge in [0, 0.05) is 11.8 Å². The Labute approximate surface area is 117 Å². The predicted octanol–water partition coefficient (Wildman–Crippen LogP) is 4.41. The number of benzene rings is 1. The highest BCUT2D eigenvalue weighted by Crippen LogP contribution is 2.25. The first-order valence-corrected chi connectivity index (χ1v) is 8.14. The van der Waals surface area contributed by atoms with E-state index in [2.05, 4.69) is 63.8 Å². The molecule has 0 bridgehead atoms. The van der Waals surface area contributed by atoms with Gasteiger partial charge in [0.05, 0.1) is 0 Å². The first-order valence-electron chi connectivity index (χ1n) is 6.99. The van der Waals surface area contributed by atoms with Gasteiger partial charge >= 0.3 is 0 Å². The van der Waals surface area contributed by atoms with E-state index in [0.29, 0.717) is 6.04 Å². The van der Waals surface area contributed by atoms with Crippen LogP contribution < -0.4 is 5.32 Å². The lowest BCUT2D eigenvalue weighted by Gasteiger charge is -2.21. The van der Waals surface area contributed by atoms with E-state index >= 15 is 0 Å². The minimum Gasteiger partial charge on any atom is -0.310 e. The molecule has 1 aromatic rings. The van der Waals surface area contributed by atoms with Crippen molar-refractivity contribution in [3.63, 3.8) is 0 Å². The van der Waals surface area contributed by atoms with Gasteiger partial charge in [0.25, 0.3) is 0 Å². The molecular formula is C16H27NS. The van der Waals surface area contributed by atoms with Crippen molar-refractivity contribution < 1.29 is 0 Å². The van der Waals surface area contributed by atoms with E-state index in [1.54, 1.807) is 0 Å². The molecule has 1 aromatic carbocycles. The van der Waals surface area contributed by atoms with Crippen molar-refractivity contribution in [2.75, 3.05) is 18.1 Å². The fraction of sp³-hybridized carbons (Fsp3) is 0.625. The van der Waals surface area contributed by atoms with E-state index < -0.39 is 0 Å². The summed E-state index contributed by atoms with van der Waals surface area (Å²) in [5.74, 6) is 2.43. The largest absolute Gasteiger partial charge is 0.310 e. The Morgan fingerprint density at radius 1 is 1.06 bits per heavy atom. The van der Waals surface area contributed by atoms with Crippen LogP contribution in [0.25, 0.3) is 0 Å². The van der Waals surface area contributed by atoms with Crippen LogP contribution >= 0.6 is 11.8 Å². The molecule has 18 heavy (non-hydrogen) atoms. The Bertz CT molecular complexity index is 374. The van der Waals surface area contributed by atoms with Gasteiger partial charge in [0.2, 0.25) is 0 Å². The van der Waals surface area contributed by atoms with E-state index in [1.807, 2.05) is 0 Å². The molecule has 1 unspecified atom stereocenters. The molecule has 0 saturated heterocycles. The summed E-state index contributed by atoms with van der Waals surface area (Å²) in [5, 5.41) is 3.62. The van der Waals surface area contributed by atoms with E-state index in [0.717, 1.165) is 6.54 Å². The van der Waals surface area contributed by atoms with E-state index in [9.17, 15) is 0 Å². The predicted molar refractivity (Wildman–Crippen MR) is 84.7 cm³/mol. The normalized spacial score (nSPS) is 12.7. The zero-order valence-electron chi connectivity index (χ0n) is 12.5. The molecule has 0 spiro atoms. The fourth-order valence-electron chi connectivity index (χ4n) is 2.21. The lowest BCUT2D eigenvalue weighted by atomic mass is 9.96. The van der Waals surface area contributed by atoms with Gasteiger partial charge in [-0.15, -0.1) is 0 Å². The molecule has 1 nitrogen and oxygen atoms in total. The molecular weight excluding hydrogens is 238 g/mol. The summed E-state index contributed by atoms with van der Waals surface area (Å²) in [6, 6.07) is 5.18. The molecule has 0 fully saturated rings. The first-order chi connectivity index (χ1) is 8.60. The Morgan fingerprint density at radius 2 is 1.72 bits per heavy atom. The lowest BCUT2D eigenvalue weighted by Crippen LogP contribution is -2.24. The summed E-state index contributed by atoms with van der Waals surface area (Å²) in [4.78, 5) is 0. The van der Waals surface area contributed by atoms with Crippen LogP contribution in [-0.4, -0.2) is 18.1 Å². The maximum atomic E-state index is 3.62. The van der Waals surface area contributed by atoms with Crippen molar-refractivity contribution >= 4 is 11.8 Å².